The van der Waals surface area contributed by atoms with Crippen LogP contribution in [0.5, 0.6) is 0 Å². The molecule has 1 aliphatic heterocycles. The van der Waals surface area contributed by atoms with Crippen molar-refractivity contribution in [1.82, 2.24) is 9.80 Å². The molecule has 21 heavy (non-hydrogen) atoms. The molecular formula is C16H26N2O2S. The Labute approximate surface area is 131 Å². The summed E-state index contributed by atoms with van der Waals surface area (Å²) >= 11 is 1.68. The van der Waals surface area contributed by atoms with Gasteiger partial charge in [0.2, 0.25) is 5.91 Å². The van der Waals surface area contributed by atoms with Crippen LogP contribution in [0.25, 0.3) is 0 Å². The van der Waals surface area contributed by atoms with Crippen molar-refractivity contribution in [3.8, 4) is 0 Å². The molecule has 0 saturated carbocycles. The van der Waals surface area contributed by atoms with Crippen molar-refractivity contribution in [3.05, 3.63) is 22.4 Å². The van der Waals surface area contributed by atoms with Crippen LogP contribution in [-0.4, -0.2) is 53.1 Å². The van der Waals surface area contributed by atoms with Gasteiger partial charge in [0.15, 0.2) is 0 Å². The average molecular weight is 310 g/mol. The van der Waals surface area contributed by atoms with E-state index in [0.29, 0.717) is 13.1 Å². The van der Waals surface area contributed by atoms with Gasteiger partial charge < -0.3 is 10.0 Å². The maximum atomic E-state index is 12.4. The van der Waals surface area contributed by atoms with E-state index in [1.807, 2.05) is 25.4 Å². The number of piperidine rings is 1. The Kier molecular flexibility index (Phi) is 6.21. The molecule has 0 unspecified atom stereocenters. The monoisotopic (exact) mass is 310 g/mol. The second kappa shape index (κ2) is 7.92. The Morgan fingerprint density at radius 3 is 3.05 bits per heavy atom. The van der Waals surface area contributed by atoms with Gasteiger partial charge in [-0.05, 0) is 37.3 Å². The Morgan fingerprint density at radius 1 is 1.57 bits per heavy atom. The number of rotatable bonds is 6. The number of likely N-dealkylation sites (N-methyl/N-ethyl adjacent to an activating group) is 1. The number of thiophene rings is 1. The van der Waals surface area contributed by atoms with Gasteiger partial charge in [-0.15, -0.1) is 11.3 Å². The predicted octanol–water partition coefficient (Wildman–Crippen LogP) is 2.33. The summed E-state index contributed by atoms with van der Waals surface area (Å²) in [5, 5.41) is 12.2. The summed E-state index contributed by atoms with van der Waals surface area (Å²) in [4.78, 5) is 17.6. The number of hydrogen-bond donors (Lipinski definition) is 1. The van der Waals surface area contributed by atoms with Gasteiger partial charge in [0.25, 0.3) is 0 Å². The van der Waals surface area contributed by atoms with Crippen molar-refractivity contribution in [1.29, 1.82) is 0 Å². The molecule has 1 aromatic heterocycles. The van der Waals surface area contributed by atoms with E-state index >= 15 is 0 Å². The summed E-state index contributed by atoms with van der Waals surface area (Å²) in [6.45, 7) is 4.01. The van der Waals surface area contributed by atoms with Gasteiger partial charge in [-0.25, -0.2) is 0 Å². The van der Waals surface area contributed by atoms with Crippen LogP contribution in [0, 0.1) is 0 Å². The lowest BCUT2D eigenvalue weighted by Gasteiger charge is -2.38. The van der Waals surface area contributed by atoms with Crippen LogP contribution in [-0.2, 0) is 11.3 Å². The number of hydrogen-bond acceptors (Lipinski definition) is 4. The third-order valence-corrected chi connectivity index (χ3v) is 5.13. The molecule has 0 aromatic carbocycles. The van der Waals surface area contributed by atoms with Gasteiger partial charge in [-0.2, -0.15) is 0 Å². The molecule has 1 saturated heterocycles. The normalized spacial score (nSPS) is 21.2. The molecule has 2 heterocycles. The van der Waals surface area contributed by atoms with Gasteiger partial charge in [0.05, 0.1) is 19.2 Å². The summed E-state index contributed by atoms with van der Waals surface area (Å²) in [6, 6.07) is 4.21. The molecule has 0 bridgehead atoms. The van der Waals surface area contributed by atoms with E-state index in [1.54, 1.807) is 16.2 Å². The van der Waals surface area contributed by atoms with Gasteiger partial charge in [-0.1, -0.05) is 19.4 Å². The number of carbonyl (C=O) groups is 1. The zero-order chi connectivity index (χ0) is 15.2. The third-order valence-electron chi connectivity index (χ3n) is 4.26. The van der Waals surface area contributed by atoms with Gasteiger partial charge >= 0.3 is 0 Å². The largest absolute Gasteiger partial charge is 0.392 e. The smallest absolute Gasteiger partial charge is 0.236 e. The van der Waals surface area contributed by atoms with Crippen molar-refractivity contribution in [2.24, 2.45) is 0 Å². The summed E-state index contributed by atoms with van der Waals surface area (Å²) in [7, 11) is 1.86. The number of aliphatic hydroxyl groups is 1. The zero-order valence-corrected chi connectivity index (χ0v) is 13.8. The van der Waals surface area contributed by atoms with E-state index in [-0.39, 0.29) is 18.1 Å². The minimum atomic E-state index is -0.319. The van der Waals surface area contributed by atoms with E-state index in [9.17, 15) is 9.90 Å². The quantitative estimate of drug-likeness (QED) is 0.877. The molecule has 0 aliphatic carbocycles. The van der Waals surface area contributed by atoms with E-state index in [2.05, 4.69) is 11.0 Å². The van der Waals surface area contributed by atoms with Crippen LogP contribution >= 0.6 is 11.3 Å². The number of aliphatic hydroxyl groups excluding tert-OH is 1. The Bertz CT molecular complexity index is 435. The van der Waals surface area contributed by atoms with E-state index in [0.717, 1.165) is 32.2 Å². The van der Waals surface area contributed by atoms with Crippen molar-refractivity contribution in [3.63, 3.8) is 0 Å². The van der Waals surface area contributed by atoms with Gasteiger partial charge in [0, 0.05) is 18.0 Å². The highest BCUT2D eigenvalue weighted by Crippen LogP contribution is 2.21. The Hall–Kier alpha value is -0.910. The maximum Gasteiger partial charge on any atom is 0.236 e. The fourth-order valence-corrected chi connectivity index (χ4v) is 3.70. The molecule has 1 aliphatic rings. The molecule has 1 fully saturated rings. The predicted molar refractivity (Wildman–Crippen MR) is 86.3 cm³/mol. The van der Waals surface area contributed by atoms with Crippen molar-refractivity contribution < 1.29 is 9.90 Å². The van der Waals surface area contributed by atoms with Crippen LogP contribution in [0.3, 0.4) is 0 Å². The van der Waals surface area contributed by atoms with Crippen LogP contribution in [0.1, 0.15) is 37.5 Å². The first-order valence-corrected chi connectivity index (χ1v) is 8.68. The molecule has 1 aromatic rings. The molecule has 2 rings (SSSR count). The molecule has 1 amide bonds. The molecule has 0 spiro atoms. The fourth-order valence-electron chi connectivity index (χ4n) is 2.94. The highest BCUT2D eigenvalue weighted by molar-refractivity contribution is 7.09. The summed E-state index contributed by atoms with van der Waals surface area (Å²) in [5.74, 6) is 0.138. The molecule has 1 N–H and O–H groups in total. The number of nitrogens with zero attached hydrogens (tertiary/aromatic N) is 2. The van der Waals surface area contributed by atoms with Crippen molar-refractivity contribution in [2.45, 2.75) is 51.3 Å². The maximum absolute atomic E-state index is 12.4. The van der Waals surface area contributed by atoms with Gasteiger partial charge in [0.1, 0.15) is 0 Å². The number of amides is 1. The SMILES string of the molecule is CC[C@@H](O)[C@@H]1CCCCN1CC(=O)N(C)Cc1cccs1. The first-order chi connectivity index (χ1) is 10.1. The van der Waals surface area contributed by atoms with Gasteiger partial charge in [-0.3, -0.25) is 9.69 Å². The summed E-state index contributed by atoms with van der Waals surface area (Å²) in [6.07, 6.45) is 3.70. The van der Waals surface area contributed by atoms with Crippen molar-refractivity contribution >= 4 is 17.2 Å². The lowest BCUT2D eigenvalue weighted by Crippen LogP contribution is -2.50. The standard InChI is InChI=1S/C16H26N2O2S/c1-3-15(19)14-8-4-5-9-18(14)12-16(20)17(2)11-13-7-6-10-21-13/h6-7,10,14-15,19H,3-5,8-9,11-12H2,1-2H3/t14-,15+/m0/s1. The molecule has 5 heteroatoms. The average Bonchev–Trinajstić information content (AvgIpc) is 2.99. The summed E-state index contributed by atoms with van der Waals surface area (Å²) < 4.78 is 0. The van der Waals surface area contributed by atoms with Crippen LogP contribution < -0.4 is 0 Å². The Balaban J connectivity index is 1.90. The van der Waals surface area contributed by atoms with E-state index < -0.39 is 0 Å². The third kappa shape index (κ3) is 4.53. The molecule has 4 nitrogen and oxygen atoms in total. The summed E-state index contributed by atoms with van der Waals surface area (Å²) in [5.41, 5.74) is 0. The van der Waals surface area contributed by atoms with Crippen molar-refractivity contribution in [2.75, 3.05) is 20.1 Å². The lowest BCUT2D eigenvalue weighted by atomic mass is 9.96. The molecular weight excluding hydrogens is 284 g/mol. The fraction of sp³-hybridized carbons (Fsp3) is 0.688. The van der Waals surface area contributed by atoms with Crippen LogP contribution in [0.4, 0.5) is 0 Å². The molecule has 0 radical (unpaired) electrons. The minimum absolute atomic E-state index is 0.138. The minimum Gasteiger partial charge on any atom is -0.392 e. The first kappa shape index (κ1) is 16.5. The van der Waals surface area contributed by atoms with Crippen LogP contribution in [0.15, 0.2) is 17.5 Å². The molecule has 2 atom stereocenters. The number of likely N-dealkylation sites (tertiary alicyclic amines) is 1. The van der Waals surface area contributed by atoms with Crippen LogP contribution in [0.2, 0.25) is 0 Å². The zero-order valence-electron chi connectivity index (χ0n) is 13.0. The second-order valence-electron chi connectivity index (χ2n) is 5.84. The lowest BCUT2D eigenvalue weighted by molar-refractivity contribution is -0.133. The highest BCUT2D eigenvalue weighted by atomic mass is 32.1. The topological polar surface area (TPSA) is 43.8 Å². The Morgan fingerprint density at radius 2 is 2.38 bits per heavy atom. The molecule has 118 valence electrons. The second-order valence-corrected chi connectivity index (χ2v) is 6.87. The van der Waals surface area contributed by atoms with E-state index in [4.69, 9.17) is 0 Å². The highest BCUT2D eigenvalue weighted by Gasteiger charge is 2.29. The number of carbonyl (C=O) groups excluding carboxylic acids is 1. The van der Waals surface area contributed by atoms with E-state index in [1.165, 1.54) is 4.88 Å². The first-order valence-electron chi connectivity index (χ1n) is 7.80.